The molecule has 1 heterocycles. The van der Waals surface area contributed by atoms with Crippen molar-refractivity contribution in [1.29, 1.82) is 0 Å². The zero-order valence-corrected chi connectivity index (χ0v) is 14.7. The third kappa shape index (κ3) is 2.23. The molecular weight excluding hydrogens is 322 g/mol. The summed E-state index contributed by atoms with van der Waals surface area (Å²) in [6.07, 6.45) is 2.66. The predicted octanol–water partition coefficient (Wildman–Crippen LogP) is 4.62. The second kappa shape index (κ2) is 5.87. The lowest BCUT2D eigenvalue weighted by Crippen LogP contribution is -2.39. The number of hydrogen-bond acceptors (Lipinski definition) is 2. The average Bonchev–Trinajstić information content (AvgIpc) is 3.12. The van der Waals surface area contributed by atoms with Crippen LogP contribution in [-0.2, 0) is 0 Å². The summed E-state index contributed by atoms with van der Waals surface area (Å²) < 4.78 is 5.26. The topological polar surface area (TPSA) is 42.2 Å². The summed E-state index contributed by atoms with van der Waals surface area (Å²) in [5.74, 6) is 1.84. The van der Waals surface area contributed by atoms with Crippen molar-refractivity contribution in [2.24, 2.45) is 5.92 Å². The van der Waals surface area contributed by atoms with Gasteiger partial charge in [0.1, 0.15) is 5.76 Å². The number of aryl methyl sites for hydroxylation is 1. The Morgan fingerprint density at radius 2 is 1.62 bits per heavy atom. The summed E-state index contributed by atoms with van der Waals surface area (Å²) in [5, 5.41) is 3.14. The molecule has 3 aliphatic carbocycles. The molecule has 1 N–H and O–H groups in total. The molecule has 0 saturated carbocycles. The van der Waals surface area contributed by atoms with Crippen LogP contribution >= 0.6 is 0 Å². The Morgan fingerprint density at radius 1 is 1.00 bits per heavy atom. The minimum absolute atomic E-state index is 0.0423. The lowest BCUT2D eigenvalue weighted by atomic mass is 9.59. The number of rotatable bonds is 3. The van der Waals surface area contributed by atoms with Crippen LogP contribution in [0, 0.1) is 12.8 Å². The van der Waals surface area contributed by atoms with Crippen LogP contribution in [0.2, 0.25) is 0 Å². The van der Waals surface area contributed by atoms with Crippen molar-refractivity contribution in [2.45, 2.75) is 25.2 Å². The normalized spacial score (nSPS) is 22.6. The van der Waals surface area contributed by atoms with Crippen molar-refractivity contribution >= 4 is 5.91 Å². The van der Waals surface area contributed by atoms with E-state index in [1.165, 1.54) is 22.3 Å². The van der Waals surface area contributed by atoms with Crippen molar-refractivity contribution in [2.75, 3.05) is 6.54 Å². The van der Waals surface area contributed by atoms with Gasteiger partial charge in [0.15, 0.2) is 0 Å². The first kappa shape index (κ1) is 15.4. The second-order valence-electron chi connectivity index (χ2n) is 7.38. The Labute approximate surface area is 153 Å². The number of amides is 1. The average molecular weight is 343 g/mol. The maximum absolute atomic E-state index is 12.5. The molecule has 26 heavy (non-hydrogen) atoms. The van der Waals surface area contributed by atoms with E-state index in [1.807, 2.05) is 6.92 Å². The van der Waals surface area contributed by atoms with Gasteiger partial charge in [-0.2, -0.15) is 0 Å². The van der Waals surface area contributed by atoms with Crippen molar-refractivity contribution in [3.8, 4) is 0 Å². The van der Waals surface area contributed by atoms with E-state index in [1.54, 1.807) is 12.3 Å². The number of hydrogen-bond donors (Lipinski definition) is 1. The van der Waals surface area contributed by atoms with Crippen LogP contribution in [0.3, 0.4) is 0 Å². The molecule has 0 aliphatic heterocycles. The number of furan rings is 1. The van der Waals surface area contributed by atoms with Gasteiger partial charge in [0.05, 0.1) is 11.8 Å². The third-order valence-electron chi connectivity index (χ3n) is 6.05. The summed E-state index contributed by atoms with van der Waals surface area (Å²) >= 11 is 0. The second-order valence-corrected chi connectivity index (χ2v) is 7.38. The Hall–Kier alpha value is -2.81. The van der Waals surface area contributed by atoms with Gasteiger partial charge in [-0.3, -0.25) is 4.79 Å². The summed E-state index contributed by atoms with van der Waals surface area (Å²) in [7, 11) is 0. The molecule has 2 aromatic carbocycles. The summed E-state index contributed by atoms with van der Waals surface area (Å²) in [5.41, 5.74) is 6.42. The Kier molecular flexibility index (Phi) is 3.49. The predicted molar refractivity (Wildman–Crippen MR) is 100 cm³/mol. The Morgan fingerprint density at radius 3 is 2.19 bits per heavy atom. The first-order valence-electron chi connectivity index (χ1n) is 9.24. The molecule has 0 radical (unpaired) electrons. The van der Waals surface area contributed by atoms with E-state index in [0.29, 0.717) is 35.6 Å². The monoisotopic (exact) mass is 343 g/mol. The maximum Gasteiger partial charge on any atom is 0.254 e. The minimum Gasteiger partial charge on any atom is -0.469 e. The molecule has 1 unspecified atom stereocenters. The van der Waals surface area contributed by atoms with Crippen LogP contribution in [0.1, 0.15) is 56.6 Å². The molecule has 3 aliphatic rings. The number of nitrogens with one attached hydrogen (secondary N) is 1. The van der Waals surface area contributed by atoms with Crippen molar-refractivity contribution in [3.63, 3.8) is 0 Å². The molecule has 1 amide bonds. The Bertz CT molecular complexity index is 940. The van der Waals surface area contributed by atoms with Crippen LogP contribution in [0.25, 0.3) is 0 Å². The summed E-state index contributed by atoms with van der Waals surface area (Å²) in [4.78, 5) is 12.5. The van der Waals surface area contributed by atoms with Gasteiger partial charge < -0.3 is 9.73 Å². The standard InChI is InChI=1S/C23H21NO2/c1-14-16(10-11-26-14)23(25)24-13-15-12-21-17-6-2-4-8-19(17)22(15)20-9-5-3-7-18(20)21/h2-11,15,21-22H,12-13H2,1H3,(H,24,25). The molecule has 3 aromatic rings. The summed E-state index contributed by atoms with van der Waals surface area (Å²) in [6.45, 7) is 2.51. The molecule has 2 bridgehead atoms. The highest BCUT2D eigenvalue weighted by Crippen LogP contribution is 2.55. The molecular formula is C23H21NO2. The van der Waals surface area contributed by atoms with Gasteiger partial charge >= 0.3 is 0 Å². The van der Waals surface area contributed by atoms with Crippen LogP contribution in [0.15, 0.2) is 65.3 Å². The smallest absolute Gasteiger partial charge is 0.254 e. The lowest BCUT2D eigenvalue weighted by molar-refractivity contribution is 0.0941. The maximum atomic E-state index is 12.5. The zero-order valence-electron chi connectivity index (χ0n) is 14.7. The van der Waals surface area contributed by atoms with E-state index in [4.69, 9.17) is 4.42 Å². The van der Waals surface area contributed by atoms with Gasteiger partial charge in [0.25, 0.3) is 5.91 Å². The Balaban J connectivity index is 1.45. The zero-order chi connectivity index (χ0) is 17.7. The fourth-order valence-corrected chi connectivity index (χ4v) is 4.90. The van der Waals surface area contributed by atoms with Crippen molar-refractivity contribution < 1.29 is 9.21 Å². The van der Waals surface area contributed by atoms with Gasteiger partial charge in [0, 0.05) is 18.4 Å². The fraction of sp³-hybridized carbons (Fsp3) is 0.261. The van der Waals surface area contributed by atoms with Crippen molar-refractivity contribution in [1.82, 2.24) is 5.32 Å². The van der Waals surface area contributed by atoms with Gasteiger partial charge in [-0.25, -0.2) is 0 Å². The van der Waals surface area contributed by atoms with E-state index < -0.39 is 0 Å². The van der Waals surface area contributed by atoms with Gasteiger partial charge in [-0.15, -0.1) is 0 Å². The number of benzene rings is 2. The SMILES string of the molecule is Cc1occc1C(=O)NCC1CC2c3ccccc3C1c1ccccc12. The van der Waals surface area contributed by atoms with E-state index in [2.05, 4.69) is 53.8 Å². The molecule has 130 valence electrons. The highest BCUT2D eigenvalue weighted by molar-refractivity contribution is 5.95. The first-order chi connectivity index (χ1) is 12.7. The van der Waals surface area contributed by atoms with Crippen LogP contribution < -0.4 is 5.32 Å². The van der Waals surface area contributed by atoms with E-state index in [-0.39, 0.29) is 5.91 Å². The van der Waals surface area contributed by atoms with Crippen LogP contribution in [-0.4, -0.2) is 12.5 Å². The van der Waals surface area contributed by atoms with E-state index >= 15 is 0 Å². The quantitative estimate of drug-likeness (QED) is 0.754. The first-order valence-corrected chi connectivity index (χ1v) is 9.24. The minimum atomic E-state index is -0.0423. The largest absolute Gasteiger partial charge is 0.469 e. The molecule has 3 heteroatoms. The molecule has 1 atom stereocenters. The summed E-state index contributed by atoms with van der Waals surface area (Å²) in [6, 6.07) is 19.3. The number of fused-ring (bicyclic) bond motifs is 1. The molecule has 6 rings (SSSR count). The highest BCUT2D eigenvalue weighted by Gasteiger charge is 2.42. The van der Waals surface area contributed by atoms with Crippen LogP contribution in [0.5, 0.6) is 0 Å². The van der Waals surface area contributed by atoms with Gasteiger partial charge in [-0.1, -0.05) is 48.5 Å². The van der Waals surface area contributed by atoms with E-state index in [0.717, 1.165) is 6.42 Å². The number of carbonyl (C=O) groups is 1. The van der Waals surface area contributed by atoms with Gasteiger partial charge in [-0.05, 0) is 47.6 Å². The van der Waals surface area contributed by atoms with Crippen LogP contribution in [0.4, 0.5) is 0 Å². The van der Waals surface area contributed by atoms with E-state index in [9.17, 15) is 4.79 Å². The molecule has 3 nitrogen and oxygen atoms in total. The molecule has 0 spiro atoms. The van der Waals surface area contributed by atoms with Crippen molar-refractivity contribution in [3.05, 3.63) is 94.4 Å². The third-order valence-corrected chi connectivity index (χ3v) is 6.05. The number of carbonyl (C=O) groups excluding carboxylic acids is 1. The molecule has 0 fully saturated rings. The lowest BCUT2D eigenvalue weighted by Gasteiger charge is -2.45. The molecule has 0 saturated heterocycles. The molecule has 1 aromatic heterocycles. The highest BCUT2D eigenvalue weighted by atomic mass is 16.3. The fourth-order valence-electron chi connectivity index (χ4n) is 4.90. The van der Waals surface area contributed by atoms with Gasteiger partial charge in [0.2, 0.25) is 0 Å².